The first-order chi connectivity index (χ1) is 9.83. The summed E-state index contributed by atoms with van der Waals surface area (Å²) in [4.78, 5) is 22.3. The smallest absolute Gasteiger partial charge is 0.339 e. The fourth-order valence-electron chi connectivity index (χ4n) is 1.75. The molecule has 0 aromatic heterocycles. The maximum absolute atomic E-state index is 12.3. The van der Waals surface area contributed by atoms with E-state index in [1.165, 1.54) is 24.3 Å². The van der Waals surface area contributed by atoms with Crippen molar-refractivity contribution >= 4 is 22.0 Å². The van der Waals surface area contributed by atoms with E-state index in [1.54, 1.807) is 6.92 Å². The maximum Gasteiger partial charge on any atom is 0.339 e. The molecule has 2 N–H and O–H groups in total. The Hall–Kier alpha value is -1.93. The highest BCUT2D eigenvalue weighted by atomic mass is 32.2. The largest absolute Gasteiger partial charge is 0.480 e. The number of aliphatic carboxylic acids is 1. The van der Waals surface area contributed by atoms with Crippen LogP contribution in [0.4, 0.5) is 0 Å². The standard InChI is InChI=1S/C13H17NO6S/c1-3-6-10(12(15)16)14-21(18,19)11-8-5-4-7-9(11)13(17)20-2/h4-5,7-8,10,14H,3,6H2,1-2H3,(H,15,16). The van der Waals surface area contributed by atoms with Crippen LogP contribution in [0.2, 0.25) is 0 Å². The lowest BCUT2D eigenvalue weighted by Gasteiger charge is -2.15. The van der Waals surface area contributed by atoms with Gasteiger partial charge in [0.2, 0.25) is 10.0 Å². The van der Waals surface area contributed by atoms with Gasteiger partial charge in [-0.25, -0.2) is 13.2 Å². The quantitative estimate of drug-likeness (QED) is 0.727. The van der Waals surface area contributed by atoms with E-state index < -0.39 is 28.0 Å². The van der Waals surface area contributed by atoms with Gasteiger partial charge in [0.05, 0.1) is 17.6 Å². The van der Waals surface area contributed by atoms with Gasteiger partial charge in [-0.15, -0.1) is 0 Å². The first-order valence-corrected chi connectivity index (χ1v) is 7.74. The molecular weight excluding hydrogens is 298 g/mol. The van der Waals surface area contributed by atoms with Crippen LogP contribution in [-0.4, -0.2) is 38.6 Å². The Balaban J connectivity index is 3.19. The van der Waals surface area contributed by atoms with Gasteiger partial charge in [-0.2, -0.15) is 4.72 Å². The van der Waals surface area contributed by atoms with Gasteiger partial charge in [0.1, 0.15) is 6.04 Å². The summed E-state index contributed by atoms with van der Waals surface area (Å²) in [5.41, 5.74) is -0.145. The molecule has 0 radical (unpaired) electrons. The lowest BCUT2D eigenvalue weighted by atomic mass is 10.2. The third-order valence-corrected chi connectivity index (χ3v) is 4.28. The Bertz CT molecular complexity index is 625. The molecule has 7 nitrogen and oxygen atoms in total. The molecule has 0 heterocycles. The van der Waals surface area contributed by atoms with Crippen molar-refractivity contribution in [2.45, 2.75) is 30.7 Å². The molecule has 1 rings (SSSR count). The second-order valence-electron chi connectivity index (χ2n) is 4.29. The fourth-order valence-corrected chi connectivity index (χ4v) is 3.17. The molecule has 0 spiro atoms. The average Bonchev–Trinajstić information content (AvgIpc) is 2.45. The molecular formula is C13H17NO6S. The van der Waals surface area contributed by atoms with Crippen LogP contribution in [0.15, 0.2) is 29.2 Å². The van der Waals surface area contributed by atoms with Gasteiger partial charge in [-0.05, 0) is 18.6 Å². The summed E-state index contributed by atoms with van der Waals surface area (Å²) >= 11 is 0. The first kappa shape index (κ1) is 17.1. The van der Waals surface area contributed by atoms with E-state index in [1.807, 2.05) is 0 Å². The summed E-state index contributed by atoms with van der Waals surface area (Å²) in [6, 6.07) is 4.21. The summed E-state index contributed by atoms with van der Waals surface area (Å²) < 4.78 is 31.2. The van der Waals surface area contributed by atoms with Crippen LogP contribution in [0.3, 0.4) is 0 Å². The highest BCUT2D eigenvalue weighted by Crippen LogP contribution is 2.17. The minimum atomic E-state index is -4.14. The number of carbonyl (C=O) groups is 2. The minimum Gasteiger partial charge on any atom is -0.480 e. The highest BCUT2D eigenvalue weighted by Gasteiger charge is 2.28. The maximum atomic E-state index is 12.3. The second-order valence-corrected chi connectivity index (χ2v) is 5.97. The Morgan fingerprint density at radius 1 is 1.33 bits per heavy atom. The zero-order chi connectivity index (χ0) is 16.0. The van der Waals surface area contributed by atoms with Crippen LogP contribution < -0.4 is 4.72 Å². The van der Waals surface area contributed by atoms with Gasteiger partial charge < -0.3 is 9.84 Å². The predicted octanol–water partition coefficient (Wildman–Crippen LogP) is 1.00. The SMILES string of the molecule is CCCC(NS(=O)(=O)c1ccccc1C(=O)OC)C(=O)O. The molecule has 21 heavy (non-hydrogen) atoms. The van der Waals surface area contributed by atoms with Crippen molar-refractivity contribution in [3.05, 3.63) is 29.8 Å². The number of sulfonamides is 1. The number of hydrogen-bond donors (Lipinski definition) is 2. The van der Waals surface area contributed by atoms with E-state index in [2.05, 4.69) is 9.46 Å². The van der Waals surface area contributed by atoms with Crippen LogP contribution in [0, 0.1) is 0 Å². The van der Waals surface area contributed by atoms with Crippen molar-refractivity contribution in [3.8, 4) is 0 Å². The summed E-state index contributed by atoms with van der Waals surface area (Å²) in [6.07, 6.45) is 0.646. The zero-order valence-corrected chi connectivity index (χ0v) is 12.5. The van der Waals surface area contributed by atoms with E-state index in [9.17, 15) is 18.0 Å². The molecule has 0 bridgehead atoms. The van der Waals surface area contributed by atoms with E-state index in [4.69, 9.17) is 5.11 Å². The number of rotatable bonds is 7. The molecule has 0 saturated carbocycles. The van der Waals surface area contributed by atoms with Crippen LogP contribution in [0.5, 0.6) is 0 Å². The summed E-state index contributed by atoms with van der Waals surface area (Å²) in [5.74, 6) is -2.07. The molecule has 0 aliphatic carbocycles. The Kier molecular flexibility index (Phi) is 5.86. The molecule has 116 valence electrons. The monoisotopic (exact) mass is 315 g/mol. The lowest BCUT2D eigenvalue weighted by molar-refractivity contribution is -0.139. The highest BCUT2D eigenvalue weighted by molar-refractivity contribution is 7.89. The molecule has 0 fully saturated rings. The normalized spacial score (nSPS) is 12.7. The average molecular weight is 315 g/mol. The van der Waals surface area contributed by atoms with Gasteiger partial charge in [-0.1, -0.05) is 25.5 Å². The number of esters is 1. The van der Waals surface area contributed by atoms with E-state index in [-0.39, 0.29) is 16.9 Å². The number of hydrogen-bond acceptors (Lipinski definition) is 5. The van der Waals surface area contributed by atoms with Crippen molar-refractivity contribution in [1.82, 2.24) is 4.72 Å². The third-order valence-electron chi connectivity index (χ3n) is 2.75. The molecule has 0 saturated heterocycles. The van der Waals surface area contributed by atoms with E-state index in [0.717, 1.165) is 7.11 Å². The molecule has 1 unspecified atom stereocenters. The number of carboxylic acid groups (broad SMARTS) is 1. The van der Waals surface area contributed by atoms with E-state index in [0.29, 0.717) is 6.42 Å². The second kappa shape index (κ2) is 7.19. The summed E-state index contributed by atoms with van der Waals surface area (Å²) in [5, 5.41) is 9.02. The number of carbonyl (C=O) groups excluding carboxylic acids is 1. The first-order valence-electron chi connectivity index (χ1n) is 6.26. The van der Waals surface area contributed by atoms with Crippen molar-refractivity contribution in [2.24, 2.45) is 0 Å². The van der Waals surface area contributed by atoms with Gasteiger partial charge >= 0.3 is 11.9 Å². The van der Waals surface area contributed by atoms with Gasteiger partial charge in [0.25, 0.3) is 0 Å². The van der Waals surface area contributed by atoms with Crippen LogP contribution in [0.25, 0.3) is 0 Å². The Labute approximate surface area is 123 Å². The van der Waals surface area contributed by atoms with Crippen molar-refractivity contribution in [3.63, 3.8) is 0 Å². The topological polar surface area (TPSA) is 110 Å². The van der Waals surface area contributed by atoms with Crippen LogP contribution in [0.1, 0.15) is 30.1 Å². The van der Waals surface area contributed by atoms with Crippen molar-refractivity contribution < 1.29 is 27.9 Å². The Morgan fingerprint density at radius 2 is 1.95 bits per heavy atom. The van der Waals surface area contributed by atoms with E-state index >= 15 is 0 Å². The van der Waals surface area contributed by atoms with Gasteiger partial charge in [-0.3, -0.25) is 4.79 Å². The zero-order valence-electron chi connectivity index (χ0n) is 11.7. The molecule has 0 aliphatic rings. The minimum absolute atomic E-state index is 0.145. The van der Waals surface area contributed by atoms with Gasteiger partial charge in [0, 0.05) is 0 Å². The summed E-state index contributed by atoms with van der Waals surface area (Å²) in [7, 11) is -3.01. The lowest BCUT2D eigenvalue weighted by Crippen LogP contribution is -2.41. The van der Waals surface area contributed by atoms with Crippen LogP contribution >= 0.6 is 0 Å². The third kappa shape index (κ3) is 4.27. The predicted molar refractivity (Wildman–Crippen MR) is 74.4 cm³/mol. The number of ether oxygens (including phenoxy) is 1. The summed E-state index contributed by atoms with van der Waals surface area (Å²) in [6.45, 7) is 1.74. The number of methoxy groups -OCH3 is 1. The molecule has 8 heteroatoms. The Morgan fingerprint density at radius 3 is 2.48 bits per heavy atom. The number of carboxylic acids is 1. The number of nitrogens with one attached hydrogen (secondary N) is 1. The fraction of sp³-hybridized carbons (Fsp3) is 0.385. The number of benzene rings is 1. The molecule has 0 amide bonds. The molecule has 1 atom stereocenters. The van der Waals surface area contributed by atoms with Crippen LogP contribution in [-0.2, 0) is 19.6 Å². The van der Waals surface area contributed by atoms with Crippen molar-refractivity contribution in [2.75, 3.05) is 7.11 Å². The molecule has 0 aliphatic heterocycles. The molecule has 1 aromatic rings. The molecule has 1 aromatic carbocycles. The van der Waals surface area contributed by atoms with Gasteiger partial charge in [0.15, 0.2) is 0 Å². The van der Waals surface area contributed by atoms with Crippen molar-refractivity contribution in [1.29, 1.82) is 0 Å².